The van der Waals surface area contributed by atoms with Gasteiger partial charge < -0.3 is 0 Å². The molecular weight excluding hydrogens is 451 g/mol. The van der Waals surface area contributed by atoms with Crippen molar-refractivity contribution in [2.24, 2.45) is 5.92 Å². The van der Waals surface area contributed by atoms with E-state index >= 15 is 0 Å². The SMILES string of the molecule is O=C1NC(=O)C([C@H]2c3ccc(Cc4ccc([Si](F)(F)F)cc4Cl)cc3C3CC2C3)S1. The van der Waals surface area contributed by atoms with Crippen LogP contribution in [-0.2, 0) is 11.2 Å². The van der Waals surface area contributed by atoms with E-state index in [-0.39, 0.29) is 27.3 Å². The van der Waals surface area contributed by atoms with Gasteiger partial charge in [-0.2, -0.15) is 0 Å². The molecule has 0 aromatic heterocycles. The molecule has 2 atom stereocenters. The molecule has 1 saturated heterocycles. The van der Waals surface area contributed by atoms with Crippen molar-refractivity contribution in [3.63, 3.8) is 0 Å². The van der Waals surface area contributed by atoms with Crippen molar-refractivity contribution in [1.29, 1.82) is 0 Å². The number of hydrogen-bond donors (Lipinski definition) is 1. The third-order valence-electron chi connectivity index (χ3n) is 6.45. The van der Waals surface area contributed by atoms with E-state index in [1.807, 2.05) is 12.1 Å². The number of carbonyl (C=O) groups excluding carboxylic acids is 2. The summed E-state index contributed by atoms with van der Waals surface area (Å²) in [6, 6.07) is 9.69. The van der Waals surface area contributed by atoms with Gasteiger partial charge in [-0.25, -0.2) is 12.3 Å². The molecule has 2 fully saturated rings. The fraction of sp³-hybridized carbons (Fsp3) is 0.333. The standard InChI is InChI=1S/C21H17ClF3NO2SSi/c22-17-9-14(30(23,24)25)3-2-11(17)5-10-1-4-15-16(6-10)12-7-13(8-12)18(15)19-20(27)26-21(28)29-19/h1-4,6,9,12-13,18-19H,5,7-8H2,(H,26,27,28)/t12?,13?,18-,19?/m1/s1. The van der Waals surface area contributed by atoms with Crippen LogP contribution in [0.3, 0.4) is 0 Å². The van der Waals surface area contributed by atoms with Gasteiger partial charge in [-0.15, -0.1) is 0 Å². The summed E-state index contributed by atoms with van der Waals surface area (Å²) in [7, 11) is -5.88. The zero-order valence-electron chi connectivity index (χ0n) is 15.6. The summed E-state index contributed by atoms with van der Waals surface area (Å²) >= 11 is 7.23. The third-order valence-corrected chi connectivity index (χ3v) is 8.85. The second-order valence-corrected chi connectivity index (χ2v) is 11.3. The van der Waals surface area contributed by atoms with Gasteiger partial charge in [0.2, 0.25) is 5.91 Å². The van der Waals surface area contributed by atoms with Crippen LogP contribution in [0.15, 0.2) is 36.4 Å². The van der Waals surface area contributed by atoms with Crippen LogP contribution in [0.2, 0.25) is 5.02 Å². The maximum Gasteiger partial charge on any atom is 0.653 e. The summed E-state index contributed by atoms with van der Waals surface area (Å²) in [6.45, 7) is 0. The number of rotatable bonds is 4. The first-order valence-electron chi connectivity index (χ1n) is 9.70. The van der Waals surface area contributed by atoms with Gasteiger partial charge in [0.05, 0.1) is 0 Å². The van der Waals surface area contributed by atoms with Crippen molar-refractivity contribution in [1.82, 2.24) is 5.32 Å². The Morgan fingerprint density at radius 1 is 1.07 bits per heavy atom. The zero-order chi connectivity index (χ0) is 21.2. The second kappa shape index (κ2) is 7.14. The first kappa shape index (κ1) is 20.1. The highest BCUT2D eigenvalue weighted by Crippen LogP contribution is 2.59. The van der Waals surface area contributed by atoms with Crippen molar-refractivity contribution in [2.75, 3.05) is 0 Å². The molecule has 3 nitrogen and oxygen atoms in total. The first-order chi connectivity index (χ1) is 14.2. The molecule has 6 rings (SSSR count). The summed E-state index contributed by atoms with van der Waals surface area (Å²) in [5.41, 5.74) is 3.96. The number of benzene rings is 2. The van der Waals surface area contributed by atoms with Crippen LogP contribution >= 0.6 is 23.4 Å². The normalized spacial score (nSPS) is 27.5. The fourth-order valence-corrected chi connectivity index (χ4v) is 6.95. The van der Waals surface area contributed by atoms with Gasteiger partial charge in [-0.05, 0) is 59.4 Å². The van der Waals surface area contributed by atoms with E-state index in [0.717, 1.165) is 47.9 Å². The molecule has 3 aliphatic carbocycles. The molecule has 1 aliphatic heterocycles. The summed E-state index contributed by atoms with van der Waals surface area (Å²) in [6.07, 6.45) is 2.46. The lowest BCUT2D eigenvalue weighted by Crippen LogP contribution is -2.41. The van der Waals surface area contributed by atoms with E-state index < -0.39 is 14.3 Å². The molecule has 0 radical (unpaired) electrons. The highest BCUT2D eigenvalue weighted by Gasteiger charge is 2.51. The van der Waals surface area contributed by atoms with Crippen LogP contribution in [0.1, 0.15) is 46.9 Å². The van der Waals surface area contributed by atoms with Crippen molar-refractivity contribution < 1.29 is 21.9 Å². The molecule has 30 heavy (non-hydrogen) atoms. The van der Waals surface area contributed by atoms with E-state index in [4.69, 9.17) is 11.6 Å². The Labute approximate surface area is 181 Å². The van der Waals surface area contributed by atoms with Crippen LogP contribution in [0.4, 0.5) is 17.1 Å². The molecule has 2 bridgehead atoms. The van der Waals surface area contributed by atoms with Crippen LogP contribution in [0.5, 0.6) is 0 Å². The Morgan fingerprint density at radius 2 is 1.83 bits per heavy atom. The van der Waals surface area contributed by atoms with E-state index in [2.05, 4.69) is 11.4 Å². The van der Waals surface area contributed by atoms with E-state index in [1.165, 1.54) is 11.6 Å². The second-order valence-electron chi connectivity index (χ2n) is 8.21. The molecule has 2 amide bonds. The van der Waals surface area contributed by atoms with Gasteiger partial charge in [-0.1, -0.05) is 53.7 Å². The number of halogens is 4. The van der Waals surface area contributed by atoms with Crippen molar-refractivity contribution in [3.8, 4) is 0 Å². The maximum atomic E-state index is 13.0. The Hall–Kier alpha value is -1.77. The van der Waals surface area contributed by atoms with Gasteiger partial charge in [0.1, 0.15) is 5.25 Å². The van der Waals surface area contributed by atoms with Gasteiger partial charge in [0.15, 0.2) is 0 Å². The topological polar surface area (TPSA) is 46.2 Å². The maximum absolute atomic E-state index is 13.0. The zero-order valence-corrected chi connectivity index (χ0v) is 18.2. The summed E-state index contributed by atoms with van der Waals surface area (Å²) in [4.78, 5) is 23.9. The Balaban J connectivity index is 1.43. The van der Waals surface area contributed by atoms with E-state index in [1.54, 1.807) is 0 Å². The van der Waals surface area contributed by atoms with Gasteiger partial charge in [0, 0.05) is 16.1 Å². The quantitative estimate of drug-likeness (QED) is 0.512. The molecular formula is C21H17ClF3NO2SSi. The molecule has 4 aliphatic rings. The lowest BCUT2D eigenvalue weighted by Gasteiger charge is -2.49. The number of nitrogens with one attached hydrogen (secondary N) is 1. The van der Waals surface area contributed by atoms with Crippen molar-refractivity contribution in [2.45, 2.75) is 36.3 Å². The average Bonchev–Trinajstić information content (AvgIpc) is 2.98. The van der Waals surface area contributed by atoms with Crippen LogP contribution in [-0.4, -0.2) is 25.5 Å². The Bertz CT molecular complexity index is 1070. The Morgan fingerprint density at radius 3 is 2.47 bits per heavy atom. The predicted octanol–water partition coefficient (Wildman–Crippen LogP) is 4.93. The summed E-state index contributed by atoms with van der Waals surface area (Å²) in [5, 5.41) is 1.23. The van der Waals surface area contributed by atoms with Crippen LogP contribution in [0, 0.1) is 5.92 Å². The van der Waals surface area contributed by atoms with Crippen LogP contribution < -0.4 is 10.5 Å². The lowest BCUT2D eigenvalue weighted by molar-refractivity contribution is -0.119. The largest absolute Gasteiger partial charge is 0.653 e. The smallest absolute Gasteiger partial charge is 0.286 e. The van der Waals surface area contributed by atoms with Crippen LogP contribution in [0.25, 0.3) is 0 Å². The van der Waals surface area contributed by atoms with Gasteiger partial charge in [0.25, 0.3) is 5.24 Å². The molecule has 2 aromatic carbocycles. The minimum absolute atomic E-state index is 0.0233. The molecule has 1 saturated carbocycles. The number of imide groups is 1. The summed E-state index contributed by atoms with van der Waals surface area (Å²) < 4.78 is 39.0. The van der Waals surface area contributed by atoms with Gasteiger partial charge in [-0.3, -0.25) is 14.9 Å². The molecule has 156 valence electrons. The highest BCUT2D eigenvalue weighted by molar-refractivity contribution is 8.15. The fourth-order valence-electron chi connectivity index (χ4n) is 4.96. The van der Waals surface area contributed by atoms with E-state index in [0.29, 0.717) is 23.8 Å². The number of thioether (sulfide) groups is 1. The number of hydrogen-bond acceptors (Lipinski definition) is 3. The average molecular weight is 468 g/mol. The number of amides is 2. The lowest BCUT2D eigenvalue weighted by atomic mass is 9.56. The van der Waals surface area contributed by atoms with E-state index in [9.17, 15) is 21.9 Å². The molecule has 1 unspecified atom stereocenters. The minimum atomic E-state index is -5.88. The van der Waals surface area contributed by atoms with Crippen molar-refractivity contribution in [3.05, 3.63) is 63.7 Å². The van der Waals surface area contributed by atoms with Crippen molar-refractivity contribution >= 4 is 48.8 Å². The van der Waals surface area contributed by atoms with Gasteiger partial charge >= 0.3 is 9.08 Å². The first-order valence-corrected chi connectivity index (χ1v) is 12.6. The third kappa shape index (κ3) is 3.38. The number of carbonyl (C=O) groups is 2. The Kier molecular flexibility index (Phi) is 4.79. The molecule has 1 heterocycles. The monoisotopic (exact) mass is 467 g/mol. The summed E-state index contributed by atoms with van der Waals surface area (Å²) in [5.74, 6) is 0.669. The highest BCUT2D eigenvalue weighted by atomic mass is 35.5. The molecule has 0 spiro atoms. The predicted molar refractivity (Wildman–Crippen MR) is 113 cm³/mol. The molecule has 2 aromatic rings. The molecule has 9 heteroatoms. The molecule has 1 N–H and O–H groups in total. The minimum Gasteiger partial charge on any atom is -0.286 e.